The molecule has 18 heavy (non-hydrogen) atoms. The van der Waals surface area contributed by atoms with E-state index in [1.165, 1.54) is 0 Å². The summed E-state index contributed by atoms with van der Waals surface area (Å²) in [6.45, 7) is 10.7. The van der Waals surface area contributed by atoms with E-state index in [0.717, 1.165) is 23.4 Å². The van der Waals surface area contributed by atoms with Crippen LogP contribution in [0.5, 0.6) is 5.75 Å². The van der Waals surface area contributed by atoms with Crippen molar-refractivity contribution < 1.29 is 4.74 Å². The minimum absolute atomic E-state index is 0.298. The van der Waals surface area contributed by atoms with Crippen molar-refractivity contribution in [1.82, 2.24) is 4.90 Å². The van der Waals surface area contributed by atoms with Gasteiger partial charge in [-0.1, -0.05) is 36.7 Å². The number of hydrogen-bond acceptors (Lipinski definition) is 2. The van der Waals surface area contributed by atoms with Gasteiger partial charge in [-0.25, -0.2) is 0 Å². The summed E-state index contributed by atoms with van der Waals surface area (Å²) in [4.78, 5) is 2.35. The summed E-state index contributed by atoms with van der Waals surface area (Å²) in [5, 5.41) is 0. The molecular weight excluding hydrogens is 290 g/mol. The fraction of sp³-hybridized carbons (Fsp3) is 0.600. The second-order valence-electron chi connectivity index (χ2n) is 5.82. The Labute approximate surface area is 119 Å². The number of hydrogen-bond donors (Lipinski definition) is 0. The highest BCUT2D eigenvalue weighted by Gasteiger charge is 2.23. The SMILES string of the molecule is CC(N(C)CCOc1ccc(Br)cc1)C(C)(C)C. The molecule has 0 spiro atoms. The molecule has 0 amide bonds. The molecule has 0 bridgehead atoms. The lowest BCUT2D eigenvalue weighted by Crippen LogP contribution is -2.41. The van der Waals surface area contributed by atoms with Crippen LogP contribution < -0.4 is 4.74 Å². The first-order chi connectivity index (χ1) is 8.30. The van der Waals surface area contributed by atoms with E-state index in [2.05, 4.69) is 55.6 Å². The van der Waals surface area contributed by atoms with Crippen LogP contribution in [0.3, 0.4) is 0 Å². The Morgan fingerprint density at radius 1 is 1.22 bits per heavy atom. The van der Waals surface area contributed by atoms with E-state index >= 15 is 0 Å². The average molecular weight is 314 g/mol. The maximum atomic E-state index is 5.73. The predicted molar refractivity (Wildman–Crippen MR) is 81.2 cm³/mol. The molecule has 2 nitrogen and oxygen atoms in total. The third-order valence-electron chi connectivity index (χ3n) is 3.44. The van der Waals surface area contributed by atoms with Gasteiger partial charge < -0.3 is 4.74 Å². The number of rotatable bonds is 5. The third-order valence-corrected chi connectivity index (χ3v) is 3.97. The minimum Gasteiger partial charge on any atom is -0.492 e. The molecule has 1 aromatic rings. The van der Waals surface area contributed by atoms with Gasteiger partial charge in [0.2, 0.25) is 0 Å². The standard InChI is InChI=1S/C15H24BrNO/c1-12(15(2,3)4)17(5)10-11-18-14-8-6-13(16)7-9-14/h6-9,12H,10-11H2,1-5H3. The summed E-state index contributed by atoms with van der Waals surface area (Å²) in [5.41, 5.74) is 0.298. The Morgan fingerprint density at radius 2 is 1.78 bits per heavy atom. The van der Waals surface area contributed by atoms with E-state index in [1.807, 2.05) is 24.3 Å². The average Bonchev–Trinajstić information content (AvgIpc) is 2.29. The Hall–Kier alpha value is -0.540. The van der Waals surface area contributed by atoms with E-state index < -0.39 is 0 Å². The fourth-order valence-corrected chi connectivity index (χ4v) is 1.96. The van der Waals surface area contributed by atoms with Crippen molar-refractivity contribution in [3.63, 3.8) is 0 Å². The van der Waals surface area contributed by atoms with Crippen LogP contribution >= 0.6 is 15.9 Å². The quantitative estimate of drug-likeness (QED) is 0.808. The minimum atomic E-state index is 0.298. The normalized spacial score (nSPS) is 13.7. The van der Waals surface area contributed by atoms with Crippen molar-refractivity contribution in [3.8, 4) is 5.75 Å². The zero-order chi connectivity index (χ0) is 13.8. The maximum absolute atomic E-state index is 5.73. The van der Waals surface area contributed by atoms with Gasteiger partial charge in [0.15, 0.2) is 0 Å². The van der Waals surface area contributed by atoms with Gasteiger partial charge in [-0.3, -0.25) is 4.90 Å². The Bertz CT molecular complexity index is 356. The molecule has 1 unspecified atom stereocenters. The number of benzene rings is 1. The van der Waals surface area contributed by atoms with Crippen molar-refractivity contribution in [2.75, 3.05) is 20.2 Å². The van der Waals surface area contributed by atoms with E-state index in [1.54, 1.807) is 0 Å². The monoisotopic (exact) mass is 313 g/mol. The Balaban J connectivity index is 2.35. The Kier molecular flexibility index (Phi) is 5.67. The number of halogens is 1. The van der Waals surface area contributed by atoms with E-state index in [9.17, 15) is 0 Å². The molecule has 3 heteroatoms. The van der Waals surface area contributed by atoms with Gasteiger partial charge in [0.25, 0.3) is 0 Å². The van der Waals surface area contributed by atoms with E-state index in [4.69, 9.17) is 4.74 Å². The number of likely N-dealkylation sites (N-methyl/N-ethyl adjacent to an activating group) is 1. The molecule has 0 N–H and O–H groups in total. The largest absolute Gasteiger partial charge is 0.492 e. The van der Waals surface area contributed by atoms with Crippen LogP contribution in [0.1, 0.15) is 27.7 Å². The molecule has 1 atom stereocenters. The molecule has 1 rings (SSSR count). The zero-order valence-corrected chi connectivity index (χ0v) is 13.6. The van der Waals surface area contributed by atoms with Crippen molar-refractivity contribution >= 4 is 15.9 Å². The first-order valence-corrected chi connectivity index (χ1v) is 7.18. The van der Waals surface area contributed by atoms with Crippen LogP contribution in [0.4, 0.5) is 0 Å². The van der Waals surface area contributed by atoms with Gasteiger partial charge in [0.05, 0.1) is 0 Å². The van der Waals surface area contributed by atoms with Gasteiger partial charge in [0.1, 0.15) is 12.4 Å². The molecule has 0 aliphatic rings. The van der Waals surface area contributed by atoms with Crippen LogP contribution in [0.15, 0.2) is 28.7 Å². The molecule has 0 saturated heterocycles. The maximum Gasteiger partial charge on any atom is 0.119 e. The predicted octanol–water partition coefficient (Wildman–Crippen LogP) is 4.19. The van der Waals surface area contributed by atoms with Crippen molar-refractivity contribution in [2.24, 2.45) is 5.41 Å². The molecule has 0 aromatic heterocycles. The summed E-state index contributed by atoms with van der Waals surface area (Å²) >= 11 is 3.41. The fourth-order valence-electron chi connectivity index (χ4n) is 1.69. The molecule has 0 aliphatic heterocycles. The zero-order valence-electron chi connectivity index (χ0n) is 12.0. The summed E-state index contributed by atoms with van der Waals surface area (Å²) in [5.74, 6) is 0.926. The molecule has 0 radical (unpaired) electrons. The summed E-state index contributed by atoms with van der Waals surface area (Å²) in [7, 11) is 2.15. The van der Waals surface area contributed by atoms with Crippen LogP contribution in [0.25, 0.3) is 0 Å². The van der Waals surface area contributed by atoms with Crippen molar-refractivity contribution in [2.45, 2.75) is 33.7 Å². The van der Waals surface area contributed by atoms with Crippen LogP contribution in [0, 0.1) is 5.41 Å². The van der Waals surface area contributed by atoms with Crippen LogP contribution in [0.2, 0.25) is 0 Å². The first kappa shape index (κ1) is 15.5. The van der Waals surface area contributed by atoms with Crippen molar-refractivity contribution in [1.29, 1.82) is 0 Å². The highest BCUT2D eigenvalue weighted by Crippen LogP contribution is 2.22. The number of ether oxygens (including phenoxy) is 1. The first-order valence-electron chi connectivity index (χ1n) is 6.39. The Morgan fingerprint density at radius 3 is 2.28 bits per heavy atom. The van der Waals surface area contributed by atoms with Gasteiger partial charge in [0, 0.05) is 17.1 Å². The third kappa shape index (κ3) is 4.99. The lowest BCUT2D eigenvalue weighted by atomic mass is 9.87. The molecule has 102 valence electrons. The highest BCUT2D eigenvalue weighted by atomic mass is 79.9. The van der Waals surface area contributed by atoms with Gasteiger partial charge in [-0.15, -0.1) is 0 Å². The van der Waals surface area contributed by atoms with Crippen molar-refractivity contribution in [3.05, 3.63) is 28.7 Å². The molecule has 0 heterocycles. The van der Waals surface area contributed by atoms with Crippen LogP contribution in [-0.2, 0) is 0 Å². The summed E-state index contributed by atoms with van der Waals surface area (Å²) in [6.07, 6.45) is 0. The molecule has 0 saturated carbocycles. The second-order valence-corrected chi connectivity index (χ2v) is 6.74. The van der Waals surface area contributed by atoms with E-state index in [-0.39, 0.29) is 0 Å². The molecular formula is C15H24BrNO. The topological polar surface area (TPSA) is 12.5 Å². The number of nitrogens with zero attached hydrogens (tertiary/aromatic N) is 1. The second kappa shape index (κ2) is 6.58. The lowest BCUT2D eigenvalue weighted by Gasteiger charge is -2.35. The highest BCUT2D eigenvalue weighted by molar-refractivity contribution is 9.10. The van der Waals surface area contributed by atoms with Crippen LogP contribution in [-0.4, -0.2) is 31.1 Å². The smallest absolute Gasteiger partial charge is 0.119 e. The molecule has 0 aliphatic carbocycles. The lowest BCUT2D eigenvalue weighted by molar-refractivity contribution is 0.121. The summed E-state index contributed by atoms with van der Waals surface area (Å²) < 4.78 is 6.81. The van der Waals surface area contributed by atoms with E-state index in [0.29, 0.717) is 11.5 Å². The molecule has 0 fully saturated rings. The van der Waals surface area contributed by atoms with Gasteiger partial charge in [-0.2, -0.15) is 0 Å². The summed E-state index contributed by atoms with van der Waals surface area (Å²) in [6, 6.07) is 8.49. The molecule has 1 aromatic carbocycles. The van der Waals surface area contributed by atoms with Gasteiger partial charge >= 0.3 is 0 Å². The van der Waals surface area contributed by atoms with Gasteiger partial charge in [-0.05, 0) is 43.7 Å².